The van der Waals surface area contributed by atoms with Crippen molar-refractivity contribution in [1.82, 2.24) is 5.43 Å². The molecule has 0 bridgehead atoms. The van der Waals surface area contributed by atoms with Gasteiger partial charge in [0.05, 0.1) is 6.61 Å². The smallest absolute Gasteiger partial charge is 0.122 e. The fraction of sp³-hybridized carbons (Fsp3) is 0.375. The Labute approximate surface area is 123 Å². The highest BCUT2D eigenvalue weighted by Crippen LogP contribution is 2.29. The molecular formula is C16H20N2OS. The lowest BCUT2D eigenvalue weighted by Crippen LogP contribution is -2.45. The summed E-state index contributed by atoms with van der Waals surface area (Å²) in [5.74, 6) is 7.22. The number of thiophene rings is 1. The van der Waals surface area contributed by atoms with E-state index in [-0.39, 0.29) is 0 Å². The zero-order valence-electron chi connectivity index (χ0n) is 11.4. The van der Waals surface area contributed by atoms with Gasteiger partial charge in [0.25, 0.3) is 0 Å². The Morgan fingerprint density at radius 3 is 3.05 bits per heavy atom. The van der Waals surface area contributed by atoms with E-state index < -0.39 is 0 Å². The number of hydrazine groups is 1. The summed E-state index contributed by atoms with van der Waals surface area (Å²) in [5, 5.41) is 4.33. The summed E-state index contributed by atoms with van der Waals surface area (Å²) in [5.41, 5.74) is 5.68. The van der Waals surface area contributed by atoms with E-state index in [0.29, 0.717) is 12.0 Å². The summed E-state index contributed by atoms with van der Waals surface area (Å²) in [6, 6.07) is 10.8. The van der Waals surface area contributed by atoms with Crippen LogP contribution in [0, 0.1) is 5.92 Å². The number of fused-ring (bicyclic) bond motifs is 1. The van der Waals surface area contributed by atoms with Crippen LogP contribution in [0.1, 0.15) is 17.5 Å². The van der Waals surface area contributed by atoms with Crippen molar-refractivity contribution in [3.63, 3.8) is 0 Å². The quantitative estimate of drug-likeness (QED) is 0.657. The molecule has 0 spiro atoms. The summed E-state index contributed by atoms with van der Waals surface area (Å²) in [6.45, 7) is 0.746. The van der Waals surface area contributed by atoms with Crippen LogP contribution in [0.15, 0.2) is 41.1 Å². The van der Waals surface area contributed by atoms with Crippen molar-refractivity contribution >= 4 is 11.3 Å². The van der Waals surface area contributed by atoms with Crippen LogP contribution >= 0.6 is 11.3 Å². The molecule has 0 amide bonds. The molecule has 1 aliphatic heterocycles. The van der Waals surface area contributed by atoms with E-state index in [0.717, 1.165) is 31.6 Å². The number of ether oxygens (including phenoxy) is 1. The van der Waals surface area contributed by atoms with Gasteiger partial charge in [0.1, 0.15) is 5.75 Å². The Kier molecular flexibility index (Phi) is 4.35. The second-order valence-electron chi connectivity index (χ2n) is 5.33. The Balaban J connectivity index is 1.62. The SMILES string of the molecule is NNC(CCc1ccsc1)C1COc2ccccc2C1. The van der Waals surface area contributed by atoms with Crippen molar-refractivity contribution < 1.29 is 4.74 Å². The molecule has 1 aliphatic rings. The predicted octanol–water partition coefficient (Wildman–Crippen LogP) is 2.76. The van der Waals surface area contributed by atoms with Crippen LogP contribution in [-0.2, 0) is 12.8 Å². The van der Waals surface area contributed by atoms with Gasteiger partial charge in [0.15, 0.2) is 0 Å². The minimum Gasteiger partial charge on any atom is -0.493 e. The van der Waals surface area contributed by atoms with Crippen LogP contribution in [0.5, 0.6) is 5.75 Å². The van der Waals surface area contributed by atoms with E-state index in [1.807, 2.05) is 12.1 Å². The third kappa shape index (κ3) is 3.03. The second-order valence-corrected chi connectivity index (χ2v) is 6.11. The van der Waals surface area contributed by atoms with Gasteiger partial charge >= 0.3 is 0 Å². The number of rotatable bonds is 5. The topological polar surface area (TPSA) is 47.3 Å². The molecule has 2 heterocycles. The highest BCUT2D eigenvalue weighted by Gasteiger charge is 2.26. The Hall–Kier alpha value is -1.36. The second kappa shape index (κ2) is 6.39. The van der Waals surface area contributed by atoms with Crippen molar-refractivity contribution in [2.75, 3.05) is 6.61 Å². The summed E-state index contributed by atoms with van der Waals surface area (Å²) < 4.78 is 5.86. The van der Waals surface area contributed by atoms with E-state index >= 15 is 0 Å². The third-order valence-corrected chi connectivity index (χ3v) is 4.75. The molecule has 0 saturated heterocycles. The fourth-order valence-electron chi connectivity index (χ4n) is 2.82. The molecule has 0 aliphatic carbocycles. The Bertz CT molecular complexity index is 541. The van der Waals surface area contributed by atoms with Gasteiger partial charge in [-0.05, 0) is 53.3 Å². The van der Waals surface area contributed by atoms with Gasteiger partial charge in [0, 0.05) is 12.0 Å². The summed E-state index contributed by atoms with van der Waals surface area (Å²) in [7, 11) is 0. The number of benzene rings is 1. The predicted molar refractivity (Wildman–Crippen MR) is 82.9 cm³/mol. The largest absolute Gasteiger partial charge is 0.493 e. The molecule has 1 aromatic heterocycles. The zero-order chi connectivity index (χ0) is 13.8. The van der Waals surface area contributed by atoms with Crippen LogP contribution in [0.2, 0.25) is 0 Å². The minimum atomic E-state index is 0.295. The molecular weight excluding hydrogens is 268 g/mol. The van der Waals surface area contributed by atoms with Crippen molar-refractivity contribution in [2.45, 2.75) is 25.3 Å². The number of nitrogens with one attached hydrogen (secondary N) is 1. The number of para-hydroxylation sites is 1. The van der Waals surface area contributed by atoms with E-state index in [1.54, 1.807) is 11.3 Å². The number of nitrogens with two attached hydrogens (primary N) is 1. The highest BCUT2D eigenvalue weighted by molar-refractivity contribution is 7.07. The van der Waals surface area contributed by atoms with Crippen LogP contribution in [0.25, 0.3) is 0 Å². The monoisotopic (exact) mass is 288 g/mol. The molecule has 3 nitrogen and oxygen atoms in total. The molecule has 106 valence electrons. The van der Waals surface area contributed by atoms with E-state index in [9.17, 15) is 0 Å². The molecule has 0 saturated carbocycles. The van der Waals surface area contributed by atoms with Crippen LogP contribution in [0.4, 0.5) is 0 Å². The van der Waals surface area contributed by atoms with Crippen LogP contribution in [0.3, 0.4) is 0 Å². The van der Waals surface area contributed by atoms with Crippen molar-refractivity contribution in [3.05, 3.63) is 52.2 Å². The highest BCUT2D eigenvalue weighted by atomic mass is 32.1. The molecule has 1 aromatic carbocycles. The summed E-state index contributed by atoms with van der Waals surface area (Å²) in [4.78, 5) is 0. The number of hydrogen-bond acceptors (Lipinski definition) is 4. The first-order valence-electron chi connectivity index (χ1n) is 7.04. The molecule has 0 fully saturated rings. The lowest BCUT2D eigenvalue weighted by molar-refractivity contribution is 0.179. The van der Waals surface area contributed by atoms with Crippen molar-refractivity contribution in [1.29, 1.82) is 0 Å². The van der Waals surface area contributed by atoms with Crippen LogP contribution < -0.4 is 16.0 Å². The van der Waals surface area contributed by atoms with Gasteiger partial charge in [-0.2, -0.15) is 11.3 Å². The van der Waals surface area contributed by atoms with Gasteiger partial charge in [-0.15, -0.1) is 0 Å². The Morgan fingerprint density at radius 1 is 1.35 bits per heavy atom. The van der Waals surface area contributed by atoms with Crippen molar-refractivity contribution in [2.24, 2.45) is 11.8 Å². The van der Waals surface area contributed by atoms with Gasteiger partial charge in [-0.3, -0.25) is 11.3 Å². The molecule has 3 rings (SSSR count). The van der Waals surface area contributed by atoms with E-state index in [4.69, 9.17) is 10.6 Å². The average Bonchev–Trinajstić information content (AvgIpc) is 3.01. The summed E-state index contributed by atoms with van der Waals surface area (Å²) >= 11 is 1.75. The first-order valence-corrected chi connectivity index (χ1v) is 7.99. The molecule has 2 atom stereocenters. The molecule has 2 aromatic rings. The maximum Gasteiger partial charge on any atom is 0.122 e. The maximum absolute atomic E-state index is 5.86. The van der Waals surface area contributed by atoms with E-state index in [2.05, 4.69) is 34.4 Å². The lowest BCUT2D eigenvalue weighted by Gasteiger charge is -2.31. The van der Waals surface area contributed by atoms with Crippen LogP contribution in [-0.4, -0.2) is 12.6 Å². The first-order chi connectivity index (χ1) is 9.86. The zero-order valence-corrected chi connectivity index (χ0v) is 12.2. The molecule has 3 N–H and O–H groups in total. The van der Waals surface area contributed by atoms with Gasteiger partial charge in [-0.25, -0.2) is 0 Å². The van der Waals surface area contributed by atoms with Crippen molar-refractivity contribution in [3.8, 4) is 5.75 Å². The molecule has 20 heavy (non-hydrogen) atoms. The average molecular weight is 288 g/mol. The first kappa shape index (κ1) is 13.6. The third-order valence-electron chi connectivity index (χ3n) is 4.01. The molecule has 4 heteroatoms. The van der Waals surface area contributed by atoms with Gasteiger partial charge in [0.2, 0.25) is 0 Å². The minimum absolute atomic E-state index is 0.295. The molecule has 2 unspecified atom stereocenters. The Morgan fingerprint density at radius 2 is 2.25 bits per heavy atom. The standard InChI is InChI=1S/C16H20N2OS/c17-18-15(6-5-12-7-8-20-11-12)14-9-13-3-1-2-4-16(13)19-10-14/h1-4,7-8,11,14-15,18H,5-6,9-10,17H2. The van der Waals surface area contributed by atoms with Gasteiger partial charge < -0.3 is 4.74 Å². The number of aryl methyl sites for hydroxylation is 1. The normalized spacial score (nSPS) is 19.1. The maximum atomic E-state index is 5.86. The number of hydrogen-bond donors (Lipinski definition) is 2. The van der Waals surface area contributed by atoms with E-state index in [1.165, 1.54) is 11.1 Å². The van der Waals surface area contributed by atoms with Gasteiger partial charge in [-0.1, -0.05) is 18.2 Å². The molecule has 0 radical (unpaired) electrons. The summed E-state index contributed by atoms with van der Waals surface area (Å²) in [6.07, 6.45) is 3.15. The fourth-order valence-corrected chi connectivity index (χ4v) is 3.53. The lowest BCUT2D eigenvalue weighted by atomic mass is 9.88.